The summed E-state index contributed by atoms with van der Waals surface area (Å²) in [6, 6.07) is 18.9. The molecule has 0 saturated heterocycles. The standard InChI is InChI=1S/C18H16N2O/c1-2-8-15-14(5-1)11-21-12-17(15)20-16-9-3-6-13-7-4-10-19-18(13)16/h1-10,17,20H,11-12H2. The van der Waals surface area contributed by atoms with Gasteiger partial charge in [0.25, 0.3) is 0 Å². The Morgan fingerprint density at radius 1 is 1.00 bits per heavy atom. The van der Waals surface area contributed by atoms with Gasteiger partial charge in [-0.1, -0.05) is 42.5 Å². The van der Waals surface area contributed by atoms with Crippen molar-refractivity contribution >= 4 is 16.6 Å². The summed E-state index contributed by atoms with van der Waals surface area (Å²) in [5.41, 5.74) is 4.63. The number of benzene rings is 2. The fraction of sp³-hybridized carbons (Fsp3) is 0.167. The number of nitrogens with zero attached hydrogens (tertiary/aromatic N) is 1. The van der Waals surface area contributed by atoms with Crippen LogP contribution in [0.15, 0.2) is 60.8 Å². The monoisotopic (exact) mass is 276 g/mol. The van der Waals surface area contributed by atoms with Gasteiger partial charge < -0.3 is 10.1 Å². The highest BCUT2D eigenvalue weighted by molar-refractivity contribution is 5.90. The lowest BCUT2D eigenvalue weighted by Gasteiger charge is -2.27. The molecule has 21 heavy (non-hydrogen) atoms. The van der Waals surface area contributed by atoms with Crippen LogP contribution in [0.3, 0.4) is 0 Å². The maximum atomic E-state index is 5.71. The fourth-order valence-corrected chi connectivity index (χ4v) is 2.91. The number of rotatable bonds is 2. The van der Waals surface area contributed by atoms with E-state index >= 15 is 0 Å². The number of aromatic nitrogens is 1. The van der Waals surface area contributed by atoms with Gasteiger partial charge in [-0.25, -0.2) is 0 Å². The summed E-state index contributed by atoms with van der Waals surface area (Å²) < 4.78 is 5.71. The molecule has 2 heterocycles. The van der Waals surface area contributed by atoms with E-state index in [1.807, 2.05) is 12.3 Å². The first-order chi connectivity index (χ1) is 10.4. The molecule has 1 aliphatic rings. The van der Waals surface area contributed by atoms with Crippen LogP contribution >= 0.6 is 0 Å². The molecule has 3 nitrogen and oxygen atoms in total. The van der Waals surface area contributed by atoms with Gasteiger partial charge >= 0.3 is 0 Å². The fourth-order valence-electron chi connectivity index (χ4n) is 2.91. The molecule has 2 aromatic carbocycles. The number of anilines is 1. The van der Waals surface area contributed by atoms with Crippen LogP contribution in [0.25, 0.3) is 10.9 Å². The zero-order chi connectivity index (χ0) is 14.1. The second-order valence-electron chi connectivity index (χ2n) is 5.29. The van der Waals surface area contributed by atoms with Crippen LogP contribution in [0.4, 0.5) is 5.69 Å². The number of fused-ring (bicyclic) bond motifs is 2. The summed E-state index contributed by atoms with van der Waals surface area (Å²) >= 11 is 0. The summed E-state index contributed by atoms with van der Waals surface area (Å²) in [6.45, 7) is 1.38. The molecule has 1 unspecified atom stereocenters. The van der Waals surface area contributed by atoms with E-state index in [4.69, 9.17) is 4.74 Å². The minimum absolute atomic E-state index is 0.169. The molecule has 3 aromatic rings. The molecule has 3 heteroatoms. The zero-order valence-electron chi connectivity index (χ0n) is 11.6. The maximum Gasteiger partial charge on any atom is 0.0933 e. The van der Waals surface area contributed by atoms with Gasteiger partial charge in [-0.3, -0.25) is 4.98 Å². The molecule has 0 amide bonds. The van der Waals surface area contributed by atoms with Gasteiger partial charge in [0, 0.05) is 11.6 Å². The third-order valence-corrected chi connectivity index (χ3v) is 3.94. The first-order valence-electron chi connectivity index (χ1n) is 7.18. The van der Waals surface area contributed by atoms with Crippen molar-refractivity contribution in [2.75, 3.05) is 11.9 Å². The van der Waals surface area contributed by atoms with Gasteiger partial charge in [-0.2, -0.15) is 0 Å². The molecule has 1 N–H and O–H groups in total. The summed E-state index contributed by atoms with van der Waals surface area (Å²) in [4.78, 5) is 4.50. The van der Waals surface area contributed by atoms with Gasteiger partial charge in [-0.05, 0) is 23.3 Å². The Hall–Kier alpha value is -2.39. The molecule has 104 valence electrons. The van der Waals surface area contributed by atoms with Crippen LogP contribution in [0.2, 0.25) is 0 Å². The average molecular weight is 276 g/mol. The Morgan fingerprint density at radius 3 is 2.90 bits per heavy atom. The van der Waals surface area contributed by atoms with Crippen molar-refractivity contribution in [2.45, 2.75) is 12.6 Å². The molecule has 0 spiro atoms. The minimum Gasteiger partial charge on any atom is -0.374 e. The smallest absolute Gasteiger partial charge is 0.0933 e. The number of hydrogen-bond donors (Lipinski definition) is 1. The van der Waals surface area contributed by atoms with E-state index < -0.39 is 0 Å². The lowest BCUT2D eigenvalue weighted by Crippen LogP contribution is -2.23. The van der Waals surface area contributed by atoms with Gasteiger partial charge in [0.1, 0.15) is 0 Å². The van der Waals surface area contributed by atoms with Crippen molar-refractivity contribution in [2.24, 2.45) is 0 Å². The Bertz CT molecular complexity index is 780. The third kappa shape index (κ3) is 2.26. The molecule has 0 aliphatic carbocycles. The summed E-state index contributed by atoms with van der Waals surface area (Å²) in [5, 5.41) is 4.74. The molecule has 0 fully saturated rings. The van der Waals surface area contributed by atoms with E-state index in [1.54, 1.807) is 0 Å². The average Bonchev–Trinajstić information content (AvgIpc) is 2.56. The van der Waals surface area contributed by atoms with E-state index in [-0.39, 0.29) is 6.04 Å². The van der Waals surface area contributed by atoms with Crippen molar-refractivity contribution in [1.29, 1.82) is 0 Å². The third-order valence-electron chi connectivity index (χ3n) is 3.94. The highest BCUT2D eigenvalue weighted by Gasteiger charge is 2.20. The first kappa shape index (κ1) is 12.4. The molecule has 0 radical (unpaired) electrons. The van der Waals surface area contributed by atoms with Crippen LogP contribution in [-0.2, 0) is 11.3 Å². The topological polar surface area (TPSA) is 34.1 Å². The van der Waals surface area contributed by atoms with Crippen LogP contribution in [0, 0.1) is 0 Å². The normalized spacial score (nSPS) is 17.4. The van der Waals surface area contributed by atoms with Crippen molar-refractivity contribution in [1.82, 2.24) is 4.98 Å². The van der Waals surface area contributed by atoms with E-state index in [2.05, 4.69) is 58.8 Å². The second kappa shape index (κ2) is 5.19. The van der Waals surface area contributed by atoms with Crippen molar-refractivity contribution in [3.63, 3.8) is 0 Å². The molecular weight excluding hydrogens is 260 g/mol. The molecule has 0 bridgehead atoms. The van der Waals surface area contributed by atoms with Crippen molar-refractivity contribution in [3.8, 4) is 0 Å². The zero-order valence-corrected chi connectivity index (χ0v) is 11.6. The Balaban J connectivity index is 1.73. The largest absolute Gasteiger partial charge is 0.374 e. The van der Waals surface area contributed by atoms with E-state index in [1.165, 1.54) is 11.1 Å². The SMILES string of the molecule is c1ccc2c(c1)COCC2Nc1cccc2cccnc12. The summed E-state index contributed by atoms with van der Waals surface area (Å²) in [6.07, 6.45) is 1.83. The molecular formula is C18H16N2O. The summed E-state index contributed by atoms with van der Waals surface area (Å²) in [7, 11) is 0. The van der Waals surface area contributed by atoms with Gasteiger partial charge in [-0.15, -0.1) is 0 Å². The number of para-hydroxylation sites is 1. The summed E-state index contributed by atoms with van der Waals surface area (Å²) in [5.74, 6) is 0. The van der Waals surface area contributed by atoms with Gasteiger partial charge in [0.05, 0.1) is 30.5 Å². The van der Waals surface area contributed by atoms with Gasteiger partial charge in [0.15, 0.2) is 0 Å². The van der Waals surface area contributed by atoms with E-state index in [0.717, 1.165) is 16.6 Å². The number of hydrogen-bond acceptors (Lipinski definition) is 3. The molecule has 1 atom stereocenters. The van der Waals surface area contributed by atoms with Crippen molar-refractivity contribution < 1.29 is 4.74 Å². The van der Waals surface area contributed by atoms with E-state index in [9.17, 15) is 0 Å². The Morgan fingerprint density at radius 2 is 1.90 bits per heavy atom. The van der Waals surface area contributed by atoms with Crippen molar-refractivity contribution in [3.05, 3.63) is 71.9 Å². The second-order valence-corrected chi connectivity index (χ2v) is 5.29. The highest BCUT2D eigenvalue weighted by atomic mass is 16.5. The lowest BCUT2D eigenvalue weighted by atomic mass is 9.98. The number of ether oxygens (including phenoxy) is 1. The maximum absolute atomic E-state index is 5.71. The Kier molecular flexibility index (Phi) is 3.05. The van der Waals surface area contributed by atoms with Crippen LogP contribution in [-0.4, -0.2) is 11.6 Å². The quantitative estimate of drug-likeness (QED) is 0.770. The van der Waals surface area contributed by atoms with Crippen LogP contribution < -0.4 is 5.32 Å². The predicted octanol–water partition coefficient (Wildman–Crippen LogP) is 3.92. The van der Waals surface area contributed by atoms with Crippen LogP contribution in [0.1, 0.15) is 17.2 Å². The van der Waals surface area contributed by atoms with E-state index in [0.29, 0.717) is 13.2 Å². The number of pyridine rings is 1. The molecule has 1 aromatic heterocycles. The number of nitrogens with one attached hydrogen (secondary N) is 1. The predicted molar refractivity (Wildman–Crippen MR) is 84.2 cm³/mol. The first-order valence-corrected chi connectivity index (χ1v) is 7.18. The lowest BCUT2D eigenvalue weighted by molar-refractivity contribution is 0.0970. The highest BCUT2D eigenvalue weighted by Crippen LogP contribution is 2.30. The Labute approximate surface area is 123 Å². The van der Waals surface area contributed by atoms with Gasteiger partial charge in [0.2, 0.25) is 0 Å². The minimum atomic E-state index is 0.169. The van der Waals surface area contributed by atoms with Crippen LogP contribution in [0.5, 0.6) is 0 Å². The molecule has 1 aliphatic heterocycles. The molecule has 0 saturated carbocycles. The molecule has 4 rings (SSSR count).